The number of fused-ring (bicyclic) bond motifs is 1. The lowest BCUT2D eigenvalue weighted by atomic mass is 9.79. The number of nitrogens with zero attached hydrogens (tertiary/aromatic N) is 2. The maximum Gasteiger partial charge on any atom is 0.115 e. The first-order valence-electron chi connectivity index (χ1n) is 11.9. The van der Waals surface area contributed by atoms with Gasteiger partial charge in [0.05, 0.1) is 0 Å². The standard InChI is InChI=1S/C29H36N2O/c1-4-31(21-23-11-9-22(10-12-23)17-18-30(2)3)29-8-6-5-7-28(29)26-14-13-25-20-27(32)16-15-24(25)19-26/h5-12,15-16,20,26,32H,4,13-14,17-19,21H2,1-3H3/t26-/m1/s1. The van der Waals surface area contributed by atoms with E-state index in [-0.39, 0.29) is 0 Å². The maximum absolute atomic E-state index is 9.82. The average molecular weight is 429 g/mol. The van der Waals surface area contributed by atoms with Crippen molar-refractivity contribution in [3.63, 3.8) is 0 Å². The van der Waals surface area contributed by atoms with Gasteiger partial charge in [0.1, 0.15) is 5.75 Å². The Morgan fingerprint density at radius 2 is 1.66 bits per heavy atom. The van der Waals surface area contributed by atoms with Crippen molar-refractivity contribution in [2.75, 3.05) is 32.1 Å². The SMILES string of the molecule is CCN(Cc1ccc(CCN(C)C)cc1)c1ccccc1[C@@H]1CCc2cc(O)ccc2C1. The molecule has 0 heterocycles. The smallest absolute Gasteiger partial charge is 0.115 e. The van der Waals surface area contributed by atoms with E-state index in [2.05, 4.69) is 85.4 Å². The van der Waals surface area contributed by atoms with E-state index < -0.39 is 0 Å². The van der Waals surface area contributed by atoms with Crippen molar-refractivity contribution in [1.82, 2.24) is 4.90 Å². The van der Waals surface area contributed by atoms with Crippen LogP contribution in [0.5, 0.6) is 5.75 Å². The highest BCUT2D eigenvalue weighted by molar-refractivity contribution is 5.56. The summed E-state index contributed by atoms with van der Waals surface area (Å²) in [6, 6.07) is 24.0. The summed E-state index contributed by atoms with van der Waals surface area (Å²) < 4.78 is 0. The Labute approximate surface area is 193 Å². The molecular formula is C29H36N2O. The summed E-state index contributed by atoms with van der Waals surface area (Å²) in [5.74, 6) is 0.901. The topological polar surface area (TPSA) is 26.7 Å². The summed E-state index contributed by atoms with van der Waals surface area (Å²) in [5, 5.41) is 9.82. The Morgan fingerprint density at radius 1 is 0.906 bits per heavy atom. The van der Waals surface area contributed by atoms with Crippen LogP contribution in [0.3, 0.4) is 0 Å². The minimum absolute atomic E-state index is 0.382. The minimum atomic E-state index is 0.382. The second-order valence-electron chi connectivity index (χ2n) is 9.34. The maximum atomic E-state index is 9.82. The zero-order valence-corrected chi connectivity index (χ0v) is 19.7. The van der Waals surface area contributed by atoms with Gasteiger partial charge in [-0.25, -0.2) is 0 Å². The molecule has 0 aliphatic heterocycles. The van der Waals surface area contributed by atoms with Crippen LogP contribution in [-0.4, -0.2) is 37.2 Å². The van der Waals surface area contributed by atoms with E-state index in [0.29, 0.717) is 11.7 Å². The highest BCUT2D eigenvalue weighted by Gasteiger charge is 2.24. The molecule has 0 saturated carbocycles. The second kappa shape index (κ2) is 10.2. The van der Waals surface area contributed by atoms with Crippen LogP contribution < -0.4 is 4.90 Å². The van der Waals surface area contributed by atoms with E-state index in [9.17, 15) is 5.11 Å². The minimum Gasteiger partial charge on any atom is -0.508 e. The molecule has 3 heteroatoms. The van der Waals surface area contributed by atoms with Gasteiger partial charge in [0.25, 0.3) is 0 Å². The van der Waals surface area contributed by atoms with Crippen LogP contribution in [0.2, 0.25) is 0 Å². The molecule has 1 atom stereocenters. The van der Waals surface area contributed by atoms with E-state index in [1.807, 2.05) is 12.1 Å². The fraction of sp³-hybridized carbons (Fsp3) is 0.379. The first kappa shape index (κ1) is 22.4. The Hall–Kier alpha value is -2.78. The molecule has 168 valence electrons. The molecule has 3 nitrogen and oxygen atoms in total. The number of likely N-dealkylation sites (N-methyl/N-ethyl adjacent to an activating group) is 1. The van der Waals surface area contributed by atoms with Crippen LogP contribution in [0.25, 0.3) is 0 Å². The Morgan fingerprint density at radius 3 is 2.41 bits per heavy atom. The van der Waals surface area contributed by atoms with Crippen molar-refractivity contribution in [2.45, 2.75) is 45.1 Å². The fourth-order valence-corrected chi connectivity index (χ4v) is 4.88. The lowest BCUT2D eigenvalue weighted by molar-refractivity contribution is 0.413. The number of para-hydroxylation sites is 1. The van der Waals surface area contributed by atoms with Crippen LogP contribution >= 0.6 is 0 Å². The number of benzene rings is 3. The molecule has 0 fully saturated rings. The predicted molar refractivity (Wildman–Crippen MR) is 135 cm³/mol. The summed E-state index contributed by atoms with van der Waals surface area (Å²) >= 11 is 0. The van der Waals surface area contributed by atoms with Crippen molar-refractivity contribution >= 4 is 5.69 Å². The molecule has 0 amide bonds. The molecule has 3 aromatic carbocycles. The summed E-state index contributed by atoms with van der Waals surface area (Å²) in [6.45, 7) is 5.24. The van der Waals surface area contributed by atoms with E-state index >= 15 is 0 Å². The quantitative estimate of drug-likeness (QED) is 0.491. The molecular weight excluding hydrogens is 392 g/mol. The van der Waals surface area contributed by atoms with Gasteiger partial charge in [0, 0.05) is 25.3 Å². The zero-order chi connectivity index (χ0) is 22.5. The molecule has 4 rings (SSSR count). The molecule has 1 aliphatic rings. The Kier molecular flexibility index (Phi) is 7.16. The van der Waals surface area contributed by atoms with Gasteiger partial charge in [-0.3, -0.25) is 0 Å². The number of phenolic OH excluding ortho intramolecular Hbond substituents is 1. The number of hydrogen-bond donors (Lipinski definition) is 1. The molecule has 3 aromatic rings. The fourth-order valence-electron chi connectivity index (χ4n) is 4.88. The van der Waals surface area contributed by atoms with Gasteiger partial charge in [-0.2, -0.15) is 0 Å². The van der Waals surface area contributed by atoms with Crippen LogP contribution in [0.15, 0.2) is 66.7 Å². The summed E-state index contributed by atoms with van der Waals surface area (Å²) in [7, 11) is 4.25. The van der Waals surface area contributed by atoms with Crippen LogP contribution in [0, 0.1) is 0 Å². The summed E-state index contributed by atoms with van der Waals surface area (Å²) in [5.41, 5.74) is 8.26. The van der Waals surface area contributed by atoms with E-state index in [4.69, 9.17) is 0 Å². The van der Waals surface area contributed by atoms with Crippen molar-refractivity contribution < 1.29 is 5.11 Å². The van der Waals surface area contributed by atoms with Crippen molar-refractivity contribution in [2.24, 2.45) is 0 Å². The van der Waals surface area contributed by atoms with Crippen LogP contribution in [-0.2, 0) is 25.8 Å². The number of rotatable bonds is 8. The Balaban J connectivity index is 1.51. The van der Waals surface area contributed by atoms with Gasteiger partial charge >= 0.3 is 0 Å². The first-order chi connectivity index (χ1) is 15.5. The second-order valence-corrected chi connectivity index (χ2v) is 9.34. The average Bonchev–Trinajstić information content (AvgIpc) is 2.81. The highest BCUT2D eigenvalue weighted by Crippen LogP contribution is 2.38. The number of aromatic hydroxyl groups is 1. The largest absolute Gasteiger partial charge is 0.508 e. The number of phenols is 1. The van der Waals surface area contributed by atoms with E-state index in [1.165, 1.54) is 33.5 Å². The monoisotopic (exact) mass is 428 g/mol. The van der Waals surface area contributed by atoms with Crippen molar-refractivity contribution in [3.8, 4) is 5.75 Å². The normalized spacial score (nSPS) is 15.6. The third-order valence-electron chi connectivity index (χ3n) is 6.76. The molecule has 0 aromatic heterocycles. The van der Waals surface area contributed by atoms with E-state index in [0.717, 1.165) is 45.3 Å². The van der Waals surface area contributed by atoms with Gasteiger partial charge in [-0.05, 0) is 98.6 Å². The summed E-state index contributed by atoms with van der Waals surface area (Å²) in [6.07, 6.45) is 4.30. The van der Waals surface area contributed by atoms with Crippen LogP contribution in [0.1, 0.15) is 47.1 Å². The van der Waals surface area contributed by atoms with Crippen LogP contribution in [0.4, 0.5) is 5.69 Å². The number of hydrogen-bond acceptors (Lipinski definition) is 3. The van der Waals surface area contributed by atoms with Gasteiger partial charge < -0.3 is 14.9 Å². The van der Waals surface area contributed by atoms with Crippen molar-refractivity contribution in [3.05, 3.63) is 94.5 Å². The lowest BCUT2D eigenvalue weighted by Crippen LogP contribution is -2.25. The third kappa shape index (κ3) is 5.34. The third-order valence-corrected chi connectivity index (χ3v) is 6.76. The summed E-state index contributed by atoms with van der Waals surface area (Å²) in [4.78, 5) is 4.74. The predicted octanol–water partition coefficient (Wildman–Crippen LogP) is 5.80. The van der Waals surface area contributed by atoms with Gasteiger partial charge in [-0.1, -0.05) is 48.5 Å². The molecule has 0 radical (unpaired) electrons. The molecule has 0 saturated heterocycles. The molecule has 1 N–H and O–H groups in total. The van der Waals surface area contributed by atoms with Crippen molar-refractivity contribution in [1.29, 1.82) is 0 Å². The molecule has 1 aliphatic carbocycles. The Bertz CT molecular complexity index is 1030. The highest BCUT2D eigenvalue weighted by atomic mass is 16.3. The molecule has 0 spiro atoms. The molecule has 0 unspecified atom stereocenters. The number of aryl methyl sites for hydroxylation is 1. The molecule has 32 heavy (non-hydrogen) atoms. The molecule has 0 bridgehead atoms. The van der Waals surface area contributed by atoms with Gasteiger partial charge in [0.2, 0.25) is 0 Å². The van der Waals surface area contributed by atoms with Gasteiger partial charge in [-0.15, -0.1) is 0 Å². The first-order valence-corrected chi connectivity index (χ1v) is 11.9. The van der Waals surface area contributed by atoms with Gasteiger partial charge in [0.15, 0.2) is 0 Å². The number of anilines is 1. The zero-order valence-electron chi connectivity index (χ0n) is 19.7. The van der Waals surface area contributed by atoms with E-state index in [1.54, 1.807) is 0 Å². The lowest BCUT2D eigenvalue weighted by Gasteiger charge is -2.31.